The Morgan fingerprint density at radius 3 is 1.83 bits per heavy atom. The van der Waals surface area contributed by atoms with Gasteiger partial charge in [0.05, 0.1) is 0 Å². The fourth-order valence-electron chi connectivity index (χ4n) is 3.61. The Hall–Kier alpha value is -1.05. The largest absolute Gasteiger partial charge is 0.351 e. The van der Waals surface area contributed by atoms with E-state index in [1.54, 1.807) is 0 Å². The number of aromatic nitrogens is 1. The second-order valence-corrected chi connectivity index (χ2v) is 9.68. The van der Waals surface area contributed by atoms with Gasteiger partial charge in [-0.05, 0) is 61.5 Å². The van der Waals surface area contributed by atoms with Crippen LogP contribution in [0.3, 0.4) is 0 Å². The molecule has 0 amide bonds. The van der Waals surface area contributed by atoms with E-state index in [0.717, 1.165) is 0 Å². The molecule has 1 aromatic heterocycles. The van der Waals surface area contributed by atoms with Gasteiger partial charge in [0.1, 0.15) is 5.82 Å². The van der Waals surface area contributed by atoms with E-state index in [1.165, 1.54) is 44.3 Å². The summed E-state index contributed by atoms with van der Waals surface area (Å²) in [6.45, 7) is 14.1. The van der Waals surface area contributed by atoms with E-state index in [2.05, 4.69) is 63.6 Å². The normalized spacial score (nSPS) is 22.6. The van der Waals surface area contributed by atoms with Gasteiger partial charge in [-0.2, -0.15) is 0 Å². The minimum Gasteiger partial charge on any atom is -0.351 e. The van der Waals surface area contributed by atoms with Crippen molar-refractivity contribution in [2.75, 3.05) is 4.90 Å². The average molecular weight is 317 g/mol. The summed E-state index contributed by atoms with van der Waals surface area (Å²) < 4.78 is 0. The molecule has 1 fully saturated rings. The number of pyridine rings is 1. The van der Waals surface area contributed by atoms with Crippen LogP contribution in [0.5, 0.6) is 0 Å². The van der Waals surface area contributed by atoms with E-state index in [1.807, 2.05) is 12.3 Å². The predicted molar refractivity (Wildman–Crippen MR) is 101 cm³/mol. The molecule has 1 aliphatic heterocycles. The Labute approximate surface area is 143 Å². The van der Waals surface area contributed by atoms with Gasteiger partial charge in [0.25, 0.3) is 0 Å². The summed E-state index contributed by atoms with van der Waals surface area (Å²) in [4.78, 5) is 7.33. The van der Waals surface area contributed by atoms with Gasteiger partial charge in [0.15, 0.2) is 0 Å². The van der Waals surface area contributed by atoms with Crippen molar-refractivity contribution in [3.05, 3.63) is 24.4 Å². The summed E-state index contributed by atoms with van der Waals surface area (Å²) in [7, 11) is 0. The molecule has 0 aliphatic carbocycles. The molecule has 0 saturated carbocycles. The fraction of sp³-hybridized carbons (Fsp3) is 0.762. The summed E-state index contributed by atoms with van der Waals surface area (Å²) in [5.41, 5.74) is 0.832. The highest BCUT2D eigenvalue weighted by molar-refractivity contribution is 5.42. The van der Waals surface area contributed by atoms with Crippen molar-refractivity contribution in [1.29, 1.82) is 0 Å². The highest BCUT2D eigenvalue weighted by Gasteiger charge is 2.34. The molecule has 1 aliphatic rings. The molecular weight excluding hydrogens is 280 g/mol. The maximum absolute atomic E-state index is 4.68. The van der Waals surface area contributed by atoms with Crippen molar-refractivity contribution in [3.63, 3.8) is 0 Å². The maximum atomic E-state index is 4.68. The van der Waals surface area contributed by atoms with E-state index in [-0.39, 0.29) is 0 Å². The monoisotopic (exact) mass is 316 g/mol. The minimum absolute atomic E-state index is 0.416. The fourth-order valence-corrected chi connectivity index (χ4v) is 3.61. The molecule has 0 bridgehead atoms. The van der Waals surface area contributed by atoms with Crippen LogP contribution in [-0.2, 0) is 0 Å². The van der Waals surface area contributed by atoms with Crippen LogP contribution in [0, 0.1) is 10.8 Å². The van der Waals surface area contributed by atoms with Crippen LogP contribution in [0.25, 0.3) is 0 Å². The number of nitrogens with zero attached hydrogens (tertiary/aromatic N) is 2. The smallest absolute Gasteiger partial charge is 0.128 e. The number of rotatable bonds is 5. The molecule has 0 spiro atoms. The van der Waals surface area contributed by atoms with Crippen molar-refractivity contribution < 1.29 is 0 Å². The Bertz CT molecular complexity index is 441. The van der Waals surface area contributed by atoms with Crippen molar-refractivity contribution in [1.82, 2.24) is 4.98 Å². The molecule has 2 unspecified atom stereocenters. The van der Waals surface area contributed by atoms with Crippen LogP contribution < -0.4 is 4.90 Å². The Balaban J connectivity index is 2.10. The van der Waals surface area contributed by atoms with Gasteiger partial charge < -0.3 is 4.90 Å². The molecule has 2 rings (SSSR count). The third kappa shape index (κ3) is 5.82. The first-order valence-corrected chi connectivity index (χ1v) is 9.35. The first-order valence-electron chi connectivity index (χ1n) is 9.35. The van der Waals surface area contributed by atoms with Crippen molar-refractivity contribution >= 4 is 5.82 Å². The zero-order valence-electron chi connectivity index (χ0n) is 16.1. The van der Waals surface area contributed by atoms with Gasteiger partial charge >= 0.3 is 0 Å². The van der Waals surface area contributed by atoms with Crippen LogP contribution in [0.15, 0.2) is 24.4 Å². The third-order valence-corrected chi connectivity index (χ3v) is 4.99. The minimum atomic E-state index is 0.416. The van der Waals surface area contributed by atoms with Crippen LogP contribution >= 0.6 is 0 Å². The Kier molecular flexibility index (Phi) is 5.75. The number of hydrogen-bond donors (Lipinski definition) is 0. The summed E-state index contributed by atoms with van der Waals surface area (Å²) in [5.74, 6) is 1.18. The van der Waals surface area contributed by atoms with Gasteiger partial charge in [-0.25, -0.2) is 4.98 Å². The Morgan fingerprint density at radius 2 is 1.43 bits per heavy atom. The molecule has 2 atom stereocenters. The summed E-state index contributed by atoms with van der Waals surface area (Å²) in [6, 6.07) is 7.67. The molecule has 1 saturated heterocycles. The lowest BCUT2D eigenvalue weighted by molar-refractivity contribution is 0.336. The standard InChI is InChI=1S/C21H36N2/c1-20(2,3)14-12-17-10-11-18(13-15-21(4,5)6)23(17)19-9-7-8-16-22-19/h7-9,16-18H,10-15H2,1-6H3. The molecule has 2 nitrogen and oxygen atoms in total. The SMILES string of the molecule is CC(C)(C)CCC1CCC(CCC(C)(C)C)N1c1ccccn1. The zero-order valence-corrected chi connectivity index (χ0v) is 16.1. The average Bonchev–Trinajstić information content (AvgIpc) is 2.85. The van der Waals surface area contributed by atoms with Gasteiger partial charge in [0.2, 0.25) is 0 Å². The van der Waals surface area contributed by atoms with E-state index >= 15 is 0 Å². The van der Waals surface area contributed by atoms with Gasteiger partial charge in [0, 0.05) is 18.3 Å². The van der Waals surface area contributed by atoms with Gasteiger partial charge in [-0.1, -0.05) is 47.6 Å². The molecule has 1 aromatic rings. The maximum Gasteiger partial charge on any atom is 0.128 e. The summed E-state index contributed by atoms with van der Waals surface area (Å²) >= 11 is 0. The summed E-state index contributed by atoms with van der Waals surface area (Å²) in [5, 5.41) is 0. The number of hydrogen-bond acceptors (Lipinski definition) is 2. The van der Waals surface area contributed by atoms with Gasteiger partial charge in [-0.3, -0.25) is 0 Å². The molecule has 0 N–H and O–H groups in total. The Morgan fingerprint density at radius 1 is 0.913 bits per heavy atom. The molecule has 23 heavy (non-hydrogen) atoms. The van der Waals surface area contributed by atoms with Crippen LogP contribution in [-0.4, -0.2) is 17.1 Å². The lowest BCUT2D eigenvalue weighted by Crippen LogP contribution is -2.37. The highest BCUT2D eigenvalue weighted by Crippen LogP contribution is 2.37. The van der Waals surface area contributed by atoms with Crippen LogP contribution in [0.1, 0.15) is 80.1 Å². The van der Waals surface area contributed by atoms with E-state index in [4.69, 9.17) is 0 Å². The molecular formula is C21H36N2. The van der Waals surface area contributed by atoms with E-state index in [0.29, 0.717) is 22.9 Å². The van der Waals surface area contributed by atoms with E-state index < -0.39 is 0 Å². The van der Waals surface area contributed by atoms with E-state index in [9.17, 15) is 0 Å². The lowest BCUT2D eigenvalue weighted by atomic mass is 9.88. The van der Waals surface area contributed by atoms with Crippen LogP contribution in [0.2, 0.25) is 0 Å². The molecule has 0 radical (unpaired) electrons. The topological polar surface area (TPSA) is 16.1 Å². The lowest BCUT2D eigenvalue weighted by Gasteiger charge is -2.34. The quantitative estimate of drug-likeness (QED) is 0.655. The van der Waals surface area contributed by atoms with Gasteiger partial charge in [-0.15, -0.1) is 0 Å². The van der Waals surface area contributed by atoms with Crippen LogP contribution in [0.4, 0.5) is 5.82 Å². The summed E-state index contributed by atoms with van der Waals surface area (Å²) in [6.07, 6.45) is 9.72. The first kappa shape index (κ1) is 18.3. The van der Waals surface area contributed by atoms with Crippen molar-refractivity contribution in [3.8, 4) is 0 Å². The van der Waals surface area contributed by atoms with Crippen molar-refractivity contribution in [2.45, 2.75) is 92.2 Å². The van der Waals surface area contributed by atoms with Crippen molar-refractivity contribution in [2.24, 2.45) is 10.8 Å². The third-order valence-electron chi connectivity index (χ3n) is 4.99. The second-order valence-electron chi connectivity index (χ2n) is 9.68. The highest BCUT2D eigenvalue weighted by atomic mass is 15.3. The number of anilines is 1. The second kappa shape index (κ2) is 7.23. The molecule has 0 aromatic carbocycles. The molecule has 130 valence electrons. The zero-order chi connectivity index (χ0) is 17.1. The first-order chi connectivity index (χ1) is 10.7. The predicted octanol–water partition coefficient (Wildman–Crippen LogP) is 6.07. The molecule has 2 heterocycles. The molecule has 2 heteroatoms.